The molecular formula is C119H118O2. The van der Waals surface area contributed by atoms with Gasteiger partial charge in [0.2, 0.25) is 0 Å². The largest absolute Gasteiger partial charge is 0.456 e. The van der Waals surface area contributed by atoms with Crippen molar-refractivity contribution in [3.8, 4) is 89.0 Å². The Hall–Kier alpha value is -12.1. The smallest absolute Gasteiger partial charge is 0.139 e. The highest BCUT2D eigenvalue weighted by Gasteiger charge is 2.41. The van der Waals surface area contributed by atoms with Gasteiger partial charge in [0, 0.05) is 43.4 Å². The summed E-state index contributed by atoms with van der Waals surface area (Å²) in [4.78, 5) is 0. The first-order valence-electron chi connectivity index (χ1n) is 43.5. The van der Waals surface area contributed by atoms with Gasteiger partial charge in [-0.05, 0) is 220 Å². The summed E-state index contributed by atoms with van der Waals surface area (Å²) in [6.45, 7) is 48.2. The molecule has 2 nitrogen and oxygen atoms in total. The molecule has 0 amide bonds. The van der Waals surface area contributed by atoms with Gasteiger partial charge in [-0.2, -0.15) is 0 Å². The minimum atomic E-state index is 0.0384. The van der Waals surface area contributed by atoms with Crippen molar-refractivity contribution in [3.05, 3.63) is 395 Å². The van der Waals surface area contributed by atoms with Gasteiger partial charge < -0.3 is 8.83 Å². The minimum Gasteiger partial charge on any atom is -0.456 e. The molecule has 606 valence electrons. The Morgan fingerprint density at radius 3 is 0.992 bits per heavy atom. The Labute approximate surface area is 720 Å². The van der Waals surface area contributed by atoms with Crippen LogP contribution in [0.2, 0.25) is 0 Å². The zero-order valence-electron chi connectivity index (χ0n) is 75.1. The maximum absolute atomic E-state index is 6.20. The van der Waals surface area contributed by atoms with E-state index in [4.69, 9.17) is 8.83 Å². The number of benzene rings is 15. The molecule has 2 heterocycles. The summed E-state index contributed by atoms with van der Waals surface area (Å²) in [6, 6.07) is 121. The van der Waals surface area contributed by atoms with Crippen LogP contribution in [0.4, 0.5) is 0 Å². The van der Waals surface area contributed by atoms with Gasteiger partial charge in [0.15, 0.2) is 0 Å². The number of hydrogen-bond donors (Lipinski definition) is 0. The number of rotatable bonds is 5. The molecule has 3 aliphatic rings. The molecule has 17 aromatic rings. The number of hydrogen-bond acceptors (Lipinski definition) is 2. The van der Waals surface area contributed by atoms with E-state index in [-0.39, 0.29) is 43.3 Å². The van der Waals surface area contributed by atoms with Crippen molar-refractivity contribution in [3.63, 3.8) is 0 Å². The molecule has 0 atom stereocenters. The molecule has 3 aliphatic carbocycles. The first kappa shape index (κ1) is 82.6. The lowest BCUT2D eigenvalue weighted by molar-refractivity contribution is 0.573. The predicted molar refractivity (Wildman–Crippen MR) is 520 cm³/mol. The predicted octanol–water partition coefficient (Wildman–Crippen LogP) is 34.0. The van der Waals surface area contributed by atoms with Gasteiger partial charge in [0.25, 0.3) is 0 Å². The third-order valence-corrected chi connectivity index (χ3v) is 25.8. The third-order valence-electron chi connectivity index (χ3n) is 25.8. The Kier molecular flexibility index (Phi) is 21.5. The summed E-state index contributed by atoms with van der Waals surface area (Å²) in [6.07, 6.45) is 0. The summed E-state index contributed by atoms with van der Waals surface area (Å²) in [5.74, 6) is 0. The summed E-state index contributed by atoms with van der Waals surface area (Å²) in [5, 5.41) is 4.75. The van der Waals surface area contributed by atoms with Crippen molar-refractivity contribution in [1.29, 1.82) is 0 Å². The molecule has 0 bridgehead atoms. The van der Waals surface area contributed by atoms with E-state index in [9.17, 15) is 0 Å². The Bertz CT molecular complexity index is 6670. The zero-order chi connectivity index (χ0) is 85.5. The molecule has 121 heavy (non-hydrogen) atoms. The van der Waals surface area contributed by atoms with E-state index in [1.807, 2.05) is 12.1 Å². The average molecular weight is 1580 g/mol. The van der Waals surface area contributed by atoms with Crippen LogP contribution < -0.4 is 0 Å². The van der Waals surface area contributed by atoms with Crippen molar-refractivity contribution < 1.29 is 8.83 Å². The van der Waals surface area contributed by atoms with Crippen LogP contribution in [0.1, 0.15) is 207 Å². The van der Waals surface area contributed by atoms with E-state index < -0.39 is 0 Å². The number of fused-ring (bicyclic) bond motifs is 15. The van der Waals surface area contributed by atoms with Gasteiger partial charge in [-0.1, -0.05) is 431 Å². The van der Waals surface area contributed by atoms with Crippen LogP contribution in [0.5, 0.6) is 0 Å². The van der Waals surface area contributed by atoms with Crippen LogP contribution in [-0.2, 0) is 43.3 Å². The molecule has 0 saturated heterocycles. The molecule has 0 fully saturated rings. The molecule has 15 aromatic carbocycles. The van der Waals surface area contributed by atoms with E-state index >= 15 is 0 Å². The van der Waals surface area contributed by atoms with Crippen molar-refractivity contribution in [2.24, 2.45) is 0 Å². The molecule has 0 radical (unpaired) electrons. The van der Waals surface area contributed by atoms with Gasteiger partial charge in [0.05, 0.1) is 0 Å². The summed E-state index contributed by atoms with van der Waals surface area (Å²) in [7, 11) is 0. The van der Waals surface area contributed by atoms with E-state index in [2.05, 4.69) is 467 Å². The highest BCUT2D eigenvalue weighted by Crippen LogP contribution is 2.55. The monoisotopic (exact) mass is 1580 g/mol. The van der Waals surface area contributed by atoms with Crippen molar-refractivity contribution in [1.82, 2.24) is 0 Å². The van der Waals surface area contributed by atoms with Gasteiger partial charge >= 0.3 is 0 Å². The van der Waals surface area contributed by atoms with Crippen LogP contribution in [0.3, 0.4) is 0 Å². The van der Waals surface area contributed by atoms with Gasteiger partial charge in [0.1, 0.15) is 22.3 Å². The molecule has 0 saturated carbocycles. The fraction of sp³-hybridized carbons (Fsp3) is 0.244. The molecular weight excluding hydrogens is 1460 g/mol. The van der Waals surface area contributed by atoms with Crippen molar-refractivity contribution >= 4 is 43.9 Å². The lowest BCUT2D eigenvalue weighted by Gasteiger charge is -2.25. The normalized spacial score (nSPS) is 13.9. The molecule has 2 aromatic heterocycles. The van der Waals surface area contributed by atoms with E-state index in [1.165, 1.54) is 172 Å². The second-order valence-electron chi connectivity index (χ2n) is 40.5. The Morgan fingerprint density at radius 1 is 0.190 bits per heavy atom. The first-order chi connectivity index (χ1) is 57.4. The lowest BCUT2D eigenvalue weighted by atomic mass is 9.78. The van der Waals surface area contributed by atoms with Crippen LogP contribution in [0.15, 0.2) is 342 Å². The summed E-state index contributed by atoms with van der Waals surface area (Å²) >= 11 is 0. The Morgan fingerprint density at radius 2 is 0.529 bits per heavy atom. The van der Waals surface area contributed by atoms with E-state index in [1.54, 1.807) is 0 Å². The highest BCUT2D eigenvalue weighted by atomic mass is 16.3. The fourth-order valence-corrected chi connectivity index (χ4v) is 18.5. The number of para-hydroxylation sites is 1. The molecule has 0 unspecified atom stereocenters. The maximum atomic E-state index is 6.20. The standard InChI is InChI=1S/3C25H26.2C22H20O/c1-24(2,3)20-12-9-13-21-23(20)19-15-14-18(16-22(19)25(21,4)5)17-10-7-6-8-11-17;1-24(2,3)19-12-14-22-21(16-19)20-13-11-18(15-23(20)25(22,4)5)17-9-7-6-8-10-17;1-24(2,3)19-12-14-21-20-13-11-18(17-9-7-6-8-10-17)15-22(20)25(4,5)23(21)16-19;1-22(2,3)19-11-7-10-17-18-14-16(15-8-5-4-6-9-15)12-13-20(18)23-21(17)19;1-22(2,3)17-10-11-18-19-13-16(15-7-5-4-6-8-15)9-12-20(19)23-21(18)14-17/h3*6-16H,1-5H3;2*4-14H,1-3H3. The first-order valence-corrected chi connectivity index (χ1v) is 43.5. The Balaban J connectivity index is 0.000000112. The van der Waals surface area contributed by atoms with E-state index in [0.717, 1.165) is 22.3 Å². The van der Waals surface area contributed by atoms with Crippen LogP contribution >= 0.6 is 0 Å². The van der Waals surface area contributed by atoms with Crippen LogP contribution in [0, 0.1) is 0 Å². The highest BCUT2D eigenvalue weighted by molar-refractivity contribution is 6.08. The third kappa shape index (κ3) is 16.1. The zero-order valence-corrected chi connectivity index (χ0v) is 75.1. The topological polar surface area (TPSA) is 26.3 Å². The fourth-order valence-electron chi connectivity index (χ4n) is 18.5. The summed E-state index contributed by atoms with van der Waals surface area (Å²) < 4.78 is 12.3. The summed E-state index contributed by atoms with van der Waals surface area (Å²) in [5.41, 5.74) is 41.3. The quantitative estimate of drug-likeness (QED) is 0.172. The minimum absolute atomic E-state index is 0.0384. The molecule has 0 N–H and O–H groups in total. The van der Waals surface area contributed by atoms with E-state index in [0.29, 0.717) is 0 Å². The van der Waals surface area contributed by atoms with Crippen LogP contribution in [-0.4, -0.2) is 0 Å². The molecule has 0 aliphatic heterocycles. The van der Waals surface area contributed by atoms with Gasteiger partial charge in [-0.3, -0.25) is 0 Å². The number of furan rings is 2. The van der Waals surface area contributed by atoms with Crippen LogP contribution in [0.25, 0.3) is 133 Å². The molecule has 0 spiro atoms. The maximum Gasteiger partial charge on any atom is 0.139 e. The van der Waals surface area contributed by atoms with Gasteiger partial charge in [-0.25, -0.2) is 0 Å². The molecule has 20 rings (SSSR count). The lowest BCUT2D eigenvalue weighted by Crippen LogP contribution is -2.17. The van der Waals surface area contributed by atoms with Gasteiger partial charge in [-0.15, -0.1) is 0 Å². The average Bonchev–Trinajstić information content (AvgIpc) is 1.58. The van der Waals surface area contributed by atoms with Crippen molar-refractivity contribution in [2.75, 3.05) is 0 Å². The second-order valence-corrected chi connectivity index (χ2v) is 40.5. The second kappa shape index (κ2) is 31.5. The van der Waals surface area contributed by atoms with Crippen molar-refractivity contribution in [2.45, 2.75) is 189 Å². The molecule has 2 heteroatoms. The SMILES string of the molecule is CC(C)(C)c1ccc2c(c1)-c1ccc(-c3ccccc3)cc1C2(C)C.CC(C)(C)c1ccc2c(c1)C(C)(C)c1cc(-c3ccccc3)ccc1-2.CC(C)(C)c1ccc2c(c1)oc1ccc(-c3ccccc3)cc12.CC(C)(C)c1cccc2c1-c1ccc(-c3ccccc3)cc1C2(C)C.CC(C)(C)c1cccc2c1oc1ccc(-c3ccccc3)cc12.